The molecule has 10 heteroatoms. The van der Waals surface area contributed by atoms with Crippen LogP contribution in [0.5, 0.6) is 0 Å². The number of carbonyl (C=O) groups excluding carboxylic acids is 2. The van der Waals surface area contributed by atoms with Crippen LogP contribution in [0.2, 0.25) is 0 Å². The lowest BCUT2D eigenvalue weighted by atomic mass is 10.3. The van der Waals surface area contributed by atoms with Gasteiger partial charge in [-0.3, -0.25) is 20.2 Å². The lowest BCUT2D eigenvalue weighted by Crippen LogP contribution is -2.48. The van der Waals surface area contributed by atoms with Crippen LogP contribution in [0.15, 0.2) is 0 Å². The molecule has 0 aliphatic heterocycles. The van der Waals surface area contributed by atoms with Gasteiger partial charge in [0.15, 0.2) is 0 Å². The van der Waals surface area contributed by atoms with Crippen LogP contribution in [-0.4, -0.2) is 59.4 Å². The zero-order valence-electron chi connectivity index (χ0n) is 11.1. The predicted molar refractivity (Wildman–Crippen MR) is 67.3 cm³/mol. The predicted octanol–water partition coefficient (Wildman–Crippen LogP) is -1.47. The van der Waals surface area contributed by atoms with E-state index in [2.05, 4.69) is 10.6 Å². The summed E-state index contributed by atoms with van der Waals surface area (Å²) in [4.78, 5) is 42.9. The van der Waals surface area contributed by atoms with E-state index >= 15 is 0 Å². The molecule has 0 saturated heterocycles. The molecule has 0 heterocycles. The second kappa shape index (κ2) is 8.82. The molecule has 0 aromatic carbocycles. The first-order chi connectivity index (χ1) is 9.23. The van der Waals surface area contributed by atoms with Gasteiger partial charge in [-0.15, -0.1) is 0 Å². The van der Waals surface area contributed by atoms with Gasteiger partial charge in [0.1, 0.15) is 0 Å². The molecule has 0 fully saturated rings. The van der Waals surface area contributed by atoms with Gasteiger partial charge in [0.2, 0.25) is 11.8 Å². The molecule has 6 N–H and O–H groups in total. The molecule has 0 radical (unpaired) electrons. The minimum Gasteiger partial charge on any atom is -0.465 e. The van der Waals surface area contributed by atoms with Gasteiger partial charge in [0.25, 0.3) is 0 Å². The molecule has 0 rings (SSSR count). The van der Waals surface area contributed by atoms with Crippen molar-refractivity contribution in [3.05, 3.63) is 0 Å². The smallest absolute Gasteiger partial charge is 0.411 e. The fourth-order valence-electron chi connectivity index (χ4n) is 1.19. The summed E-state index contributed by atoms with van der Waals surface area (Å²) in [6, 6.07) is -1.42. The third-order valence-corrected chi connectivity index (χ3v) is 2.27. The molecule has 0 aliphatic rings. The van der Waals surface area contributed by atoms with E-state index in [1.807, 2.05) is 0 Å². The second-order valence-corrected chi connectivity index (χ2v) is 3.94. The number of carboxylic acid groups (broad SMARTS) is 2. The Morgan fingerprint density at radius 1 is 0.800 bits per heavy atom. The van der Waals surface area contributed by atoms with Gasteiger partial charge in [0, 0.05) is 13.1 Å². The highest BCUT2D eigenvalue weighted by molar-refractivity contribution is 5.94. The van der Waals surface area contributed by atoms with Crippen molar-refractivity contribution < 1.29 is 29.4 Å². The summed E-state index contributed by atoms with van der Waals surface area (Å²) in [6.45, 7) is 3.55. The van der Waals surface area contributed by atoms with Crippen LogP contribution in [-0.2, 0) is 9.59 Å². The number of hydrogen-bond acceptors (Lipinski definition) is 6. The summed E-state index contributed by atoms with van der Waals surface area (Å²) in [5.41, 5.74) is 0. The van der Waals surface area contributed by atoms with Crippen molar-refractivity contribution in [3.8, 4) is 0 Å². The van der Waals surface area contributed by atoms with Gasteiger partial charge in [-0.1, -0.05) is 0 Å². The van der Waals surface area contributed by atoms with Gasteiger partial charge < -0.3 is 20.8 Å². The molecule has 4 amide bonds. The van der Waals surface area contributed by atoms with Crippen LogP contribution in [0.3, 0.4) is 0 Å². The highest BCUT2D eigenvalue weighted by atomic mass is 16.4. The minimum absolute atomic E-state index is 0.291. The van der Waals surface area contributed by atoms with Crippen molar-refractivity contribution in [2.45, 2.75) is 25.9 Å². The molecule has 0 bridgehead atoms. The standard InChI is InChI=1S/C10H18N4O6/c1-5(7(15)13-9(17)18)11-3-4-12-6(2)8(16)14-10(19)20/h5-6,11-12H,3-4H2,1-2H3,(H,13,15)(H,14,16)(H,17,18)(H,19,20). The summed E-state index contributed by atoms with van der Waals surface area (Å²) >= 11 is 0. The van der Waals surface area contributed by atoms with E-state index in [1.165, 1.54) is 13.8 Å². The van der Waals surface area contributed by atoms with Crippen molar-refractivity contribution in [3.63, 3.8) is 0 Å². The van der Waals surface area contributed by atoms with Gasteiger partial charge in [-0.05, 0) is 13.8 Å². The zero-order chi connectivity index (χ0) is 15.7. The molecule has 0 saturated carbocycles. The molecule has 0 aliphatic carbocycles. The number of amides is 4. The lowest BCUT2D eigenvalue weighted by Gasteiger charge is -2.15. The fraction of sp³-hybridized carbons (Fsp3) is 0.600. The van der Waals surface area contributed by atoms with E-state index in [9.17, 15) is 19.2 Å². The number of rotatable bonds is 7. The number of carbonyl (C=O) groups is 4. The van der Waals surface area contributed by atoms with E-state index in [-0.39, 0.29) is 0 Å². The Hall–Kier alpha value is -2.20. The van der Waals surface area contributed by atoms with Crippen LogP contribution in [0.4, 0.5) is 9.59 Å². The maximum absolute atomic E-state index is 11.2. The Labute approximate surface area is 114 Å². The Morgan fingerprint density at radius 3 is 1.35 bits per heavy atom. The molecule has 0 aromatic heterocycles. The van der Waals surface area contributed by atoms with Crippen LogP contribution < -0.4 is 21.3 Å². The van der Waals surface area contributed by atoms with E-state index in [4.69, 9.17) is 10.2 Å². The first-order valence-corrected chi connectivity index (χ1v) is 5.78. The highest BCUT2D eigenvalue weighted by Crippen LogP contribution is 1.83. The molecule has 2 atom stereocenters. The molecule has 114 valence electrons. The second-order valence-electron chi connectivity index (χ2n) is 3.94. The van der Waals surface area contributed by atoms with Crippen LogP contribution in [0, 0.1) is 0 Å². The first-order valence-electron chi connectivity index (χ1n) is 5.78. The van der Waals surface area contributed by atoms with Gasteiger partial charge in [0.05, 0.1) is 12.1 Å². The normalized spacial score (nSPS) is 13.1. The zero-order valence-corrected chi connectivity index (χ0v) is 11.1. The molecule has 0 aromatic rings. The first kappa shape index (κ1) is 17.8. The molecule has 2 unspecified atom stereocenters. The quantitative estimate of drug-likeness (QED) is 0.310. The van der Waals surface area contributed by atoms with Crippen molar-refractivity contribution in [2.24, 2.45) is 0 Å². The van der Waals surface area contributed by atoms with Crippen LogP contribution >= 0.6 is 0 Å². The maximum atomic E-state index is 11.2. The van der Waals surface area contributed by atoms with E-state index < -0.39 is 36.1 Å². The minimum atomic E-state index is -1.43. The molecule has 20 heavy (non-hydrogen) atoms. The number of imide groups is 2. The van der Waals surface area contributed by atoms with Gasteiger partial charge in [-0.2, -0.15) is 0 Å². The summed E-state index contributed by atoms with van der Waals surface area (Å²) < 4.78 is 0. The van der Waals surface area contributed by atoms with Crippen molar-refractivity contribution in [1.29, 1.82) is 0 Å². The van der Waals surface area contributed by atoms with Gasteiger partial charge >= 0.3 is 12.2 Å². The number of nitrogens with one attached hydrogen (secondary N) is 4. The molecular formula is C10H18N4O6. The summed E-state index contributed by atoms with van der Waals surface area (Å²) in [5.74, 6) is -1.37. The number of hydrogen-bond donors (Lipinski definition) is 6. The average molecular weight is 290 g/mol. The fourth-order valence-corrected chi connectivity index (χ4v) is 1.19. The lowest BCUT2D eigenvalue weighted by molar-refractivity contribution is -0.123. The van der Waals surface area contributed by atoms with E-state index in [0.717, 1.165) is 0 Å². The van der Waals surface area contributed by atoms with Crippen LogP contribution in [0.25, 0.3) is 0 Å². The molecular weight excluding hydrogens is 272 g/mol. The highest BCUT2D eigenvalue weighted by Gasteiger charge is 2.16. The Balaban J connectivity index is 3.85. The van der Waals surface area contributed by atoms with Gasteiger partial charge in [-0.25, -0.2) is 9.59 Å². The Kier molecular flexibility index (Phi) is 7.85. The maximum Gasteiger partial charge on any atom is 0.411 e. The van der Waals surface area contributed by atoms with Crippen LogP contribution in [0.1, 0.15) is 13.8 Å². The third kappa shape index (κ3) is 8.00. The Bertz CT molecular complexity index is 350. The Morgan fingerprint density at radius 2 is 1.10 bits per heavy atom. The van der Waals surface area contributed by atoms with E-state index in [0.29, 0.717) is 13.1 Å². The largest absolute Gasteiger partial charge is 0.465 e. The van der Waals surface area contributed by atoms with Crippen molar-refractivity contribution in [2.75, 3.05) is 13.1 Å². The van der Waals surface area contributed by atoms with Crippen molar-refractivity contribution >= 4 is 24.0 Å². The third-order valence-electron chi connectivity index (χ3n) is 2.27. The monoisotopic (exact) mass is 290 g/mol. The summed E-state index contributed by atoms with van der Waals surface area (Å²) in [6.07, 6.45) is -2.86. The summed E-state index contributed by atoms with van der Waals surface area (Å²) in [5, 5.41) is 25.6. The van der Waals surface area contributed by atoms with E-state index in [1.54, 1.807) is 10.6 Å². The van der Waals surface area contributed by atoms with Crippen molar-refractivity contribution in [1.82, 2.24) is 21.3 Å². The average Bonchev–Trinajstić information content (AvgIpc) is 2.32. The SMILES string of the molecule is CC(NCCNC(C)C(=O)NC(=O)O)C(=O)NC(=O)O. The molecule has 0 spiro atoms. The summed E-state index contributed by atoms with van der Waals surface area (Å²) in [7, 11) is 0. The molecule has 10 nitrogen and oxygen atoms in total. The topological polar surface area (TPSA) is 157 Å².